The molecule has 8 heteroatoms. The molecule has 1 aromatic carbocycles. The number of halogens is 2. The lowest BCUT2D eigenvalue weighted by atomic mass is 10.2. The number of carbonyl (C=O) groups excluding carboxylic acids is 1. The fraction of sp³-hybridized carbons (Fsp3) is 0.400. The van der Waals surface area contributed by atoms with Gasteiger partial charge in [0.15, 0.2) is 5.82 Å². The summed E-state index contributed by atoms with van der Waals surface area (Å²) < 4.78 is 5.16. The van der Waals surface area contributed by atoms with Gasteiger partial charge in [-0.3, -0.25) is 9.69 Å². The maximum absolute atomic E-state index is 12.1. The Hall–Kier alpha value is -1.63. The molecule has 0 aliphatic rings. The molecule has 0 radical (unpaired) electrons. The Morgan fingerprint density at radius 3 is 2.57 bits per heavy atom. The van der Waals surface area contributed by atoms with Crippen molar-refractivity contribution in [2.75, 3.05) is 18.9 Å². The van der Waals surface area contributed by atoms with Crippen LogP contribution in [0.4, 0.5) is 5.69 Å². The van der Waals surface area contributed by atoms with E-state index in [0.29, 0.717) is 34.0 Å². The number of carbonyl (C=O) groups is 1. The number of rotatable bonds is 6. The van der Waals surface area contributed by atoms with Crippen LogP contribution in [0.25, 0.3) is 0 Å². The maximum Gasteiger partial charge on any atom is 0.240 e. The lowest BCUT2D eigenvalue weighted by Crippen LogP contribution is -2.30. The van der Waals surface area contributed by atoms with Crippen LogP contribution in [0, 0.1) is 0 Å². The summed E-state index contributed by atoms with van der Waals surface area (Å²) in [5.74, 6) is 1.09. The molecule has 0 spiro atoms. The standard InChI is InChI=1S/C15H18Cl2N4O2/c1-9(2)15-19-13(23-20-15)8-21(3)7-12(22)18-14-10(16)5-4-6-11(14)17/h4-6,9H,7-8H2,1-3H3,(H,18,22). The number of likely N-dealkylation sites (N-methyl/N-ethyl adjacent to an activating group) is 1. The fourth-order valence-electron chi connectivity index (χ4n) is 1.89. The normalized spacial score (nSPS) is 11.3. The molecule has 0 bridgehead atoms. The van der Waals surface area contributed by atoms with Gasteiger partial charge in [0, 0.05) is 5.92 Å². The van der Waals surface area contributed by atoms with Crippen LogP contribution in [0.3, 0.4) is 0 Å². The first-order chi connectivity index (χ1) is 10.9. The Morgan fingerprint density at radius 2 is 2.00 bits per heavy atom. The van der Waals surface area contributed by atoms with E-state index in [1.54, 1.807) is 30.1 Å². The third kappa shape index (κ3) is 4.92. The van der Waals surface area contributed by atoms with Gasteiger partial charge in [0.1, 0.15) is 0 Å². The van der Waals surface area contributed by atoms with E-state index in [-0.39, 0.29) is 18.4 Å². The van der Waals surface area contributed by atoms with E-state index in [4.69, 9.17) is 27.7 Å². The molecule has 124 valence electrons. The molecule has 2 aromatic rings. The largest absolute Gasteiger partial charge is 0.338 e. The van der Waals surface area contributed by atoms with Crippen LogP contribution in [-0.2, 0) is 11.3 Å². The van der Waals surface area contributed by atoms with Crippen molar-refractivity contribution in [1.82, 2.24) is 15.0 Å². The first-order valence-electron chi connectivity index (χ1n) is 7.11. The van der Waals surface area contributed by atoms with Gasteiger partial charge in [-0.2, -0.15) is 4.98 Å². The third-order valence-electron chi connectivity index (χ3n) is 3.05. The lowest BCUT2D eigenvalue weighted by molar-refractivity contribution is -0.117. The topological polar surface area (TPSA) is 71.3 Å². The summed E-state index contributed by atoms with van der Waals surface area (Å²) in [6.07, 6.45) is 0. The highest BCUT2D eigenvalue weighted by atomic mass is 35.5. The van der Waals surface area contributed by atoms with Crippen LogP contribution in [0.15, 0.2) is 22.7 Å². The highest BCUT2D eigenvalue weighted by Gasteiger charge is 2.15. The molecule has 0 saturated heterocycles. The van der Waals surface area contributed by atoms with Gasteiger partial charge in [-0.05, 0) is 19.2 Å². The van der Waals surface area contributed by atoms with Crippen molar-refractivity contribution in [1.29, 1.82) is 0 Å². The Kier molecular flexibility index (Phi) is 5.98. The summed E-state index contributed by atoms with van der Waals surface area (Å²) in [7, 11) is 1.78. The van der Waals surface area contributed by atoms with Crippen LogP contribution < -0.4 is 5.32 Å². The van der Waals surface area contributed by atoms with E-state index in [1.807, 2.05) is 13.8 Å². The molecule has 0 atom stereocenters. The van der Waals surface area contributed by atoms with Gasteiger partial charge in [0.05, 0.1) is 28.8 Å². The van der Waals surface area contributed by atoms with Gasteiger partial charge in [-0.25, -0.2) is 0 Å². The third-order valence-corrected chi connectivity index (χ3v) is 3.68. The number of aromatic nitrogens is 2. The minimum atomic E-state index is -0.230. The second kappa shape index (κ2) is 7.77. The van der Waals surface area contributed by atoms with Crippen LogP contribution in [0.1, 0.15) is 31.5 Å². The average Bonchev–Trinajstić information content (AvgIpc) is 2.91. The maximum atomic E-state index is 12.1. The second-order valence-electron chi connectivity index (χ2n) is 5.52. The molecule has 0 fully saturated rings. The molecule has 1 N–H and O–H groups in total. The molecule has 1 heterocycles. The van der Waals surface area contributed by atoms with Crippen molar-refractivity contribution in [3.63, 3.8) is 0 Å². The molecular formula is C15H18Cl2N4O2. The van der Waals surface area contributed by atoms with Gasteiger partial charge in [-0.15, -0.1) is 0 Å². The molecule has 23 heavy (non-hydrogen) atoms. The number of nitrogens with zero attached hydrogens (tertiary/aromatic N) is 3. The molecule has 2 rings (SSSR count). The number of hydrogen-bond donors (Lipinski definition) is 1. The van der Waals surface area contributed by atoms with Crippen LogP contribution in [0.2, 0.25) is 10.0 Å². The summed E-state index contributed by atoms with van der Waals surface area (Å²) in [5.41, 5.74) is 0.411. The van der Waals surface area contributed by atoms with Crippen molar-refractivity contribution < 1.29 is 9.32 Å². The summed E-state index contributed by atoms with van der Waals surface area (Å²) >= 11 is 12.1. The Bertz CT molecular complexity index is 668. The van der Waals surface area contributed by atoms with E-state index in [9.17, 15) is 4.79 Å². The van der Waals surface area contributed by atoms with Crippen LogP contribution in [0.5, 0.6) is 0 Å². The SMILES string of the molecule is CC(C)c1noc(CN(C)CC(=O)Nc2c(Cl)cccc2Cl)n1. The molecule has 1 aromatic heterocycles. The summed E-state index contributed by atoms with van der Waals surface area (Å²) in [4.78, 5) is 18.1. The van der Waals surface area contributed by atoms with E-state index in [2.05, 4.69) is 15.5 Å². The van der Waals surface area contributed by atoms with Gasteiger partial charge >= 0.3 is 0 Å². The van der Waals surface area contributed by atoms with Gasteiger partial charge in [0.25, 0.3) is 0 Å². The number of para-hydroxylation sites is 1. The molecule has 0 aliphatic carbocycles. The van der Waals surface area contributed by atoms with E-state index >= 15 is 0 Å². The summed E-state index contributed by atoms with van der Waals surface area (Å²) in [6.45, 7) is 4.49. The van der Waals surface area contributed by atoms with Gasteiger partial charge in [0.2, 0.25) is 11.8 Å². The Balaban J connectivity index is 1.91. The van der Waals surface area contributed by atoms with E-state index < -0.39 is 0 Å². The molecular weight excluding hydrogens is 339 g/mol. The minimum Gasteiger partial charge on any atom is -0.338 e. The molecule has 1 amide bonds. The number of benzene rings is 1. The zero-order chi connectivity index (χ0) is 17.0. The van der Waals surface area contributed by atoms with Crippen molar-refractivity contribution >= 4 is 34.8 Å². The van der Waals surface area contributed by atoms with Crippen molar-refractivity contribution in [3.8, 4) is 0 Å². The minimum absolute atomic E-state index is 0.140. The first-order valence-corrected chi connectivity index (χ1v) is 7.87. The number of nitrogens with one attached hydrogen (secondary N) is 1. The summed E-state index contributed by atoms with van der Waals surface area (Å²) in [5, 5.41) is 7.39. The predicted molar refractivity (Wildman–Crippen MR) is 89.8 cm³/mol. The molecule has 6 nitrogen and oxygen atoms in total. The lowest BCUT2D eigenvalue weighted by Gasteiger charge is -2.15. The monoisotopic (exact) mass is 356 g/mol. The van der Waals surface area contributed by atoms with Crippen molar-refractivity contribution in [2.45, 2.75) is 26.3 Å². The predicted octanol–water partition coefficient (Wildman–Crippen LogP) is 3.57. The van der Waals surface area contributed by atoms with Crippen molar-refractivity contribution in [3.05, 3.63) is 40.0 Å². The Labute approximate surface area is 144 Å². The van der Waals surface area contributed by atoms with Crippen LogP contribution >= 0.6 is 23.2 Å². The van der Waals surface area contributed by atoms with Crippen LogP contribution in [-0.4, -0.2) is 34.5 Å². The van der Waals surface area contributed by atoms with Gasteiger partial charge in [-0.1, -0.05) is 48.3 Å². The zero-order valence-electron chi connectivity index (χ0n) is 13.1. The molecule has 0 aliphatic heterocycles. The molecule has 0 unspecified atom stereocenters. The average molecular weight is 357 g/mol. The van der Waals surface area contributed by atoms with Gasteiger partial charge < -0.3 is 9.84 Å². The Morgan fingerprint density at radius 1 is 1.35 bits per heavy atom. The van der Waals surface area contributed by atoms with E-state index in [0.717, 1.165) is 0 Å². The number of hydrogen-bond acceptors (Lipinski definition) is 5. The highest BCUT2D eigenvalue weighted by molar-refractivity contribution is 6.39. The number of amides is 1. The zero-order valence-corrected chi connectivity index (χ0v) is 14.6. The number of anilines is 1. The highest BCUT2D eigenvalue weighted by Crippen LogP contribution is 2.29. The first kappa shape index (κ1) is 17.7. The molecule has 0 saturated carbocycles. The smallest absolute Gasteiger partial charge is 0.240 e. The van der Waals surface area contributed by atoms with E-state index in [1.165, 1.54) is 0 Å². The summed E-state index contributed by atoms with van der Waals surface area (Å²) in [6, 6.07) is 5.05. The van der Waals surface area contributed by atoms with Crippen molar-refractivity contribution in [2.24, 2.45) is 0 Å². The fourth-order valence-corrected chi connectivity index (χ4v) is 2.39. The quantitative estimate of drug-likeness (QED) is 0.856. The second-order valence-corrected chi connectivity index (χ2v) is 6.33.